The fraction of sp³-hybridized carbons (Fsp3) is 0.143. The first-order valence-electron chi connectivity index (χ1n) is 5.51. The molecule has 0 aliphatic rings. The standard InChI is InChI=1S/C14H13ClINS/c1-18-12-5-2-10(3-6-12)9-17-14-7-4-11(15)8-13(14)16/h2-8,17H,9H2,1H3. The van der Waals surface area contributed by atoms with E-state index in [1.165, 1.54) is 10.5 Å². The highest BCUT2D eigenvalue weighted by Gasteiger charge is 2.00. The van der Waals surface area contributed by atoms with Gasteiger partial charge in [-0.05, 0) is 64.7 Å². The fourth-order valence-corrected chi connectivity index (χ4v) is 3.04. The molecule has 2 aromatic rings. The molecular weight excluding hydrogens is 377 g/mol. The monoisotopic (exact) mass is 389 g/mol. The van der Waals surface area contributed by atoms with Crippen LogP contribution in [-0.4, -0.2) is 6.26 Å². The van der Waals surface area contributed by atoms with Crippen molar-refractivity contribution in [1.29, 1.82) is 0 Å². The maximum absolute atomic E-state index is 5.93. The van der Waals surface area contributed by atoms with Crippen molar-refractivity contribution < 1.29 is 0 Å². The zero-order valence-corrected chi connectivity index (χ0v) is 13.6. The molecule has 0 unspecified atom stereocenters. The van der Waals surface area contributed by atoms with E-state index in [-0.39, 0.29) is 0 Å². The highest BCUT2D eigenvalue weighted by molar-refractivity contribution is 14.1. The van der Waals surface area contributed by atoms with Crippen molar-refractivity contribution in [2.75, 3.05) is 11.6 Å². The van der Waals surface area contributed by atoms with Gasteiger partial charge in [-0.3, -0.25) is 0 Å². The van der Waals surface area contributed by atoms with Gasteiger partial charge >= 0.3 is 0 Å². The van der Waals surface area contributed by atoms with Crippen LogP contribution in [0.1, 0.15) is 5.56 Å². The number of hydrogen-bond acceptors (Lipinski definition) is 2. The van der Waals surface area contributed by atoms with Crippen molar-refractivity contribution in [3.8, 4) is 0 Å². The molecule has 0 atom stereocenters. The van der Waals surface area contributed by atoms with E-state index >= 15 is 0 Å². The SMILES string of the molecule is CSc1ccc(CNc2ccc(Cl)cc2I)cc1. The third-order valence-corrected chi connectivity index (χ3v) is 4.44. The lowest BCUT2D eigenvalue weighted by molar-refractivity contribution is 1.14. The van der Waals surface area contributed by atoms with E-state index in [4.69, 9.17) is 11.6 Å². The lowest BCUT2D eigenvalue weighted by Gasteiger charge is -2.09. The van der Waals surface area contributed by atoms with E-state index in [0.29, 0.717) is 0 Å². The summed E-state index contributed by atoms with van der Waals surface area (Å²) in [6.45, 7) is 0.826. The normalized spacial score (nSPS) is 10.4. The van der Waals surface area contributed by atoms with Gasteiger partial charge in [-0.2, -0.15) is 0 Å². The Balaban J connectivity index is 2.02. The molecule has 0 fully saturated rings. The molecule has 0 saturated carbocycles. The second-order valence-corrected chi connectivity index (χ2v) is 6.30. The van der Waals surface area contributed by atoms with Gasteiger partial charge in [-0.25, -0.2) is 0 Å². The summed E-state index contributed by atoms with van der Waals surface area (Å²) in [4.78, 5) is 1.29. The maximum atomic E-state index is 5.93. The van der Waals surface area contributed by atoms with Crippen molar-refractivity contribution >= 4 is 51.6 Å². The van der Waals surface area contributed by atoms with Gasteiger partial charge in [0, 0.05) is 25.7 Å². The molecule has 2 rings (SSSR count). The molecule has 94 valence electrons. The van der Waals surface area contributed by atoms with Crippen molar-refractivity contribution in [3.63, 3.8) is 0 Å². The Kier molecular flexibility index (Phi) is 5.21. The minimum Gasteiger partial charge on any atom is -0.380 e. The first kappa shape index (κ1) is 14.0. The number of benzene rings is 2. The van der Waals surface area contributed by atoms with Crippen LogP contribution in [0.2, 0.25) is 5.02 Å². The van der Waals surface area contributed by atoms with E-state index in [1.54, 1.807) is 11.8 Å². The lowest BCUT2D eigenvalue weighted by Crippen LogP contribution is -2.00. The quantitative estimate of drug-likeness (QED) is 0.564. The Morgan fingerprint density at radius 3 is 2.50 bits per heavy atom. The largest absolute Gasteiger partial charge is 0.380 e. The molecule has 0 amide bonds. The minimum absolute atomic E-state index is 0.772. The van der Waals surface area contributed by atoms with Crippen LogP contribution in [0.5, 0.6) is 0 Å². The van der Waals surface area contributed by atoms with Crippen molar-refractivity contribution in [1.82, 2.24) is 0 Å². The first-order valence-corrected chi connectivity index (χ1v) is 8.19. The summed E-state index contributed by atoms with van der Waals surface area (Å²) < 4.78 is 1.14. The van der Waals surface area contributed by atoms with Crippen LogP contribution in [0.25, 0.3) is 0 Å². The van der Waals surface area contributed by atoms with Gasteiger partial charge in [-0.15, -0.1) is 11.8 Å². The summed E-state index contributed by atoms with van der Waals surface area (Å²) >= 11 is 9.98. The number of halogens is 2. The molecule has 0 aromatic heterocycles. The van der Waals surface area contributed by atoms with Gasteiger partial charge in [0.1, 0.15) is 0 Å². The number of anilines is 1. The lowest BCUT2D eigenvalue weighted by atomic mass is 10.2. The van der Waals surface area contributed by atoms with Crippen LogP contribution >= 0.6 is 46.0 Å². The maximum Gasteiger partial charge on any atom is 0.0479 e. The molecule has 0 saturated heterocycles. The minimum atomic E-state index is 0.772. The van der Waals surface area contributed by atoms with Crippen molar-refractivity contribution in [3.05, 3.63) is 56.6 Å². The molecular formula is C14H13ClINS. The third kappa shape index (κ3) is 3.80. The smallest absolute Gasteiger partial charge is 0.0479 e. The number of hydrogen-bond donors (Lipinski definition) is 1. The van der Waals surface area contributed by atoms with E-state index in [9.17, 15) is 0 Å². The molecule has 0 heterocycles. The number of thioether (sulfide) groups is 1. The summed E-state index contributed by atoms with van der Waals surface area (Å²) in [5.41, 5.74) is 2.40. The van der Waals surface area contributed by atoms with Crippen LogP contribution in [0.4, 0.5) is 5.69 Å². The van der Waals surface area contributed by atoms with Crippen molar-refractivity contribution in [2.24, 2.45) is 0 Å². The van der Waals surface area contributed by atoms with Crippen LogP contribution in [0, 0.1) is 3.57 Å². The van der Waals surface area contributed by atoms with Gasteiger partial charge in [0.25, 0.3) is 0 Å². The molecule has 1 N–H and O–H groups in total. The summed E-state index contributed by atoms with van der Waals surface area (Å²) in [5, 5.41) is 4.19. The van der Waals surface area contributed by atoms with E-state index in [0.717, 1.165) is 20.8 Å². The first-order chi connectivity index (χ1) is 8.69. The van der Waals surface area contributed by atoms with Crippen LogP contribution < -0.4 is 5.32 Å². The molecule has 0 radical (unpaired) electrons. The Bertz CT molecular complexity index is 528. The van der Waals surface area contributed by atoms with Crippen LogP contribution in [0.15, 0.2) is 47.4 Å². The van der Waals surface area contributed by atoms with Gasteiger partial charge in [0.2, 0.25) is 0 Å². The molecule has 0 aliphatic heterocycles. The topological polar surface area (TPSA) is 12.0 Å². The van der Waals surface area contributed by atoms with Gasteiger partial charge in [-0.1, -0.05) is 23.7 Å². The molecule has 2 aromatic carbocycles. The molecule has 18 heavy (non-hydrogen) atoms. The second-order valence-electron chi connectivity index (χ2n) is 3.83. The van der Waals surface area contributed by atoms with Gasteiger partial charge in [0.15, 0.2) is 0 Å². The second kappa shape index (κ2) is 6.68. The summed E-state index contributed by atoms with van der Waals surface area (Å²) in [5.74, 6) is 0. The Labute approximate surface area is 130 Å². The highest BCUT2D eigenvalue weighted by atomic mass is 127. The number of nitrogens with one attached hydrogen (secondary N) is 1. The molecule has 0 aliphatic carbocycles. The van der Waals surface area contributed by atoms with E-state index in [2.05, 4.69) is 58.4 Å². The molecule has 0 spiro atoms. The van der Waals surface area contributed by atoms with Gasteiger partial charge < -0.3 is 5.32 Å². The zero-order valence-electron chi connectivity index (χ0n) is 9.91. The highest BCUT2D eigenvalue weighted by Crippen LogP contribution is 2.23. The summed E-state index contributed by atoms with van der Waals surface area (Å²) in [6.07, 6.45) is 2.09. The Morgan fingerprint density at radius 2 is 1.89 bits per heavy atom. The predicted molar refractivity (Wildman–Crippen MR) is 89.7 cm³/mol. The van der Waals surface area contributed by atoms with E-state index in [1.807, 2.05) is 18.2 Å². The predicted octanol–water partition coefficient (Wildman–Crippen LogP) is 5.28. The molecule has 0 bridgehead atoms. The van der Waals surface area contributed by atoms with Crippen LogP contribution in [0.3, 0.4) is 0 Å². The summed E-state index contributed by atoms with van der Waals surface area (Å²) in [7, 11) is 0. The average molecular weight is 390 g/mol. The molecule has 1 nitrogen and oxygen atoms in total. The fourth-order valence-electron chi connectivity index (χ4n) is 1.57. The summed E-state index contributed by atoms with van der Waals surface area (Å²) in [6, 6.07) is 14.5. The third-order valence-electron chi connectivity index (χ3n) is 2.57. The number of rotatable bonds is 4. The van der Waals surface area contributed by atoms with Crippen molar-refractivity contribution in [2.45, 2.75) is 11.4 Å². The van der Waals surface area contributed by atoms with E-state index < -0.39 is 0 Å². The Morgan fingerprint density at radius 1 is 1.17 bits per heavy atom. The zero-order chi connectivity index (χ0) is 13.0. The van der Waals surface area contributed by atoms with Gasteiger partial charge in [0.05, 0.1) is 0 Å². The molecule has 4 heteroatoms. The Hall–Kier alpha value is -0.390. The van der Waals surface area contributed by atoms with Crippen LogP contribution in [-0.2, 0) is 6.54 Å². The average Bonchev–Trinajstić information content (AvgIpc) is 2.38.